The van der Waals surface area contributed by atoms with Gasteiger partial charge in [-0.1, -0.05) is 12.1 Å². The van der Waals surface area contributed by atoms with Crippen molar-refractivity contribution < 1.29 is 9.84 Å². The van der Waals surface area contributed by atoms with Gasteiger partial charge in [-0.25, -0.2) is 4.98 Å². The van der Waals surface area contributed by atoms with Gasteiger partial charge in [-0.2, -0.15) is 0 Å². The number of phenols is 1. The highest BCUT2D eigenvalue weighted by molar-refractivity contribution is 9.10. The van der Waals surface area contributed by atoms with Crippen LogP contribution in [0.25, 0.3) is 0 Å². The summed E-state index contributed by atoms with van der Waals surface area (Å²) in [5.41, 5.74) is 1.81. The summed E-state index contributed by atoms with van der Waals surface area (Å²) in [6.45, 7) is 2.46. The number of aryl methyl sites for hydroxylation is 1. The molecule has 0 aliphatic carbocycles. The molecule has 5 heteroatoms. The first-order valence-corrected chi connectivity index (χ1v) is 6.62. The van der Waals surface area contributed by atoms with Crippen LogP contribution in [0, 0.1) is 6.92 Å². The molecule has 2 aromatic rings. The third-order valence-corrected chi connectivity index (χ3v) is 3.23. The molecule has 2 rings (SSSR count). The molecule has 0 fully saturated rings. The average molecular weight is 323 g/mol. The van der Waals surface area contributed by atoms with E-state index in [1.165, 1.54) is 7.11 Å². The molecule has 1 heterocycles. The Morgan fingerprint density at radius 1 is 1.42 bits per heavy atom. The van der Waals surface area contributed by atoms with Crippen molar-refractivity contribution in [3.05, 3.63) is 46.1 Å². The van der Waals surface area contributed by atoms with Crippen molar-refractivity contribution in [2.75, 3.05) is 12.4 Å². The van der Waals surface area contributed by atoms with Gasteiger partial charge < -0.3 is 15.2 Å². The minimum Gasteiger partial charge on any atom is -0.504 e. The van der Waals surface area contributed by atoms with Crippen LogP contribution in [-0.2, 0) is 6.54 Å². The maximum Gasteiger partial charge on any atom is 0.162 e. The molecule has 2 N–H and O–H groups in total. The fourth-order valence-electron chi connectivity index (χ4n) is 1.78. The molecule has 0 atom stereocenters. The Morgan fingerprint density at radius 2 is 2.21 bits per heavy atom. The number of nitrogens with zero attached hydrogens (tertiary/aromatic N) is 1. The zero-order valence-electron chi connectivity index (χ0n) is 10.8. The number of phenolic OH excluding ortho intramolecular Hbond substituents is 1. The van der Waals surface area contributed by atoms with Crippen LogP contribution in [0.3, 0.4) is 0 Å². The number of methoxy groups -OCH3 is 1. The first-order valence-electron chi connectivity index (χ1n) is 5.82. The summed E-state index contributed by atoms with van der Waals surface area (Å²) in [7, 11) is 1.53. The second-order valence-electron chi connectivity index (χ2n) is 4.14. The second-order valence-corrected chi connectivity index (χ2v) is 5.06. The molecule has 0 unspecified atom stereocenters. The smallest absolute Gasteiger partial charge is 0.162 e. The van der Waals surface area contributed by atoms with Gasteiger partial charge in [0.15, 0.2) is 11.5 Å². The first-order chi connectivity index (χ1) is 9.11. The lowest BCUT2D eigenvalue weighted by Gasteiger charge is -2.11. The zero-order valence-corrected chi connectivity index (χ0v) is 12.4. The number of benzene rings is 1. The van der Waals surface area contributed by atoms with Crippen molar-refractivity contribution >= 4 is 21.7 Å². The third kappa shape index (κ3) is 3.17. The number of halogens is 1. The van der Waals surface area contributed by atoms with Gasteiger partial charge in [-0.3, -0.25) is 0 Å². The number of rotatable bonds is 4. The van der Waals surface area contributed by atoms with E-state index in [2.05, 4.69) is 26.2 Å². The fraction of sp³-hybridized carbons (Fsp3) is 0.214. The van der Waals surface area contributed by atoms with Gasteiger partial charge in [0.2, 0.25) is 0 Å². The van der Waals surface area contributed by atoms with E-state index in [1.807, 2.05) is 25.1 Å². The number of aromatic hydroxyl groups is 1. The highest BCUT2D eigenvalue weighted by Gasteiger charge is 2.08. The average Bonchev–Trinajstić information content (AvgIpc) is 2.39. The van der Waals surface area contributed by atoms with Crippen LogP contribution in [0.2, 0.25) is 0 Å². The normalized spacial score (nSPS) is 10.3. The van der Waals surface area contributed by atoms with Gasteiger partial charge in [-0.05, 0) is 40.5 Å². The number of hydrogen-bond donors (Lipinski definition) is 2. The molecule has 0 spiro atoms. The molecule has 19 heavy (non-hydrogen) atoms. The fourth-order valence-corrected chi connectivity index (χ4v) is 2.23. The highest BCUT2D eigenvalue weighted by Crippen LogP contribution is 2.30. The number of aromatic nitrogens is 1. The number of ether oxygens (including phenoxy) is 1. The van der Waals surface area contributed by atoms with E-state index in [0.717, 1.165) is 21.4 Å². The number of pyridine rings is 1. The monoisotopic (exact) mass is 322 g/mol. The highest BCUT2D eigenvalue weighted by atomic mass is 79.9. The van der Waals surface area contributed by atoms with E-state index in [0.29, 0.717) is 12.3 Å². The molecule has 0 bridgehead atoms. The summed E-state index contributed by atoms with van der Waals surface area (Å²) >= 11 is 3.38. The van der Waals surface area contributed by atoms with E-state index >= 15 is 0 Å². The quantitative estimate of drug-likeness (QED) is 0.904. The molecular weight excluding hydrogens is 308 g/mol. The van der Waals surface area contributed by atoms with E-state index in [4.69, 9.17) is 4.74 Å². The van der Waals surface area contributed by atoms with Crippen molar-refractivity contribution in [1.82, 2.24) is 4.98 Å². The van der Waals surface area contributed by atoms with Gasteiger partial charge in [0, 0.05) is 22.8 Å². The lowest BCUT2D eigenvalue weighted by atomic mass is 10.2. The third-order valence-electron chi connectivity index (χ3n) is 2.79. The van der Waals surface area contributed by atoms with Gasteiger partial charge >= 0.3 is 0 Å². The maximum absolute atomic E-state index is 9.99. The van der Waals surface area contributed by atoms with Crippen LogP contribution in [0.4, 0.5) is 5.82 Å². The van der Waals surface area contributed by atoms with E-state index in [1.54, 1.807) is 12.3 Å². The van der Waals surface area contributed by atoms with Crippen LogP contribution in [0.1, 0.15) is 11.1 Å². The summed E-state index contributed by atoms with van der Waals surface area (Å²) in [6.07, 6.45) is 1.74. The van der Waals surface area contributed by atoms with Crippen molar-refractivity contribution in [2.24, 2.45) is 0 Å². The van der Waals surface area contributed by atoms with Crippen LogP contribution in [0.15, 0.2) is 34.9 Å². The van der Waals surface area contributed by atoms with Crippen molar-refractivity contribution in [3.63, 3.8) is 0 Å². The maximum atomic E-state index is 9.99. The van der Waals surface area contributed by atoms with Crippen LogP contribution in [0.5, 0.6) is 11.5 Å². The number of para-hydroxylation sites is 1. The number of hydrogen-bond acceptors (Lipinski definition) is 4. The lowest BCUT2D eigenvalue weighted by molar-refractivity contribution is 0.371. The molecule has 0 radical (unpaired) electrons. The largest absolute Gasteiger partial charge is 0.504 e. The Bertz CT molecular complexity index is 588. The summed E-state index contributed by atoms with van der Waals surface area (Å²) in [6, 6.07) is 7.40. The molecule has 0 aliphatic rings. The van der Waals surface area contributed by atoms with Crippen molar-refractivity contribution in [3.8, 4) is 11.5 Å². The van der Waals surface area contributed by atoms with Gasteiger partial charge in [0.05, 0.1) is 7.11 Å². The zero-order chi connectivity index (χ0) is 13.8. The molecule has 1 aromatic carbocycles. The molecule has 0 saturated heterocycles. The summed E-state index contributed by atoms with van der Waals surface area (Å²) in [5, 5.41) is 13.2. The van der Waals surface area contributed by atoms with Gasteiger partial charge in [0.1, 0.15) is 5.82 Å². The predicted molar refractivity (Wildman–Crippen MR) is 78.7 cm³/mol. The van der Waals surface area contributed by atoms with Crippen molar-refractivity contribution in [1.29, 1.82) is 0 Å². The Kier molecular flexibility index (Phi) is 4.27. The SMILES string of the molecule is COc1cccc(CNc2ncc(Br)cc2C)c1O. The van der Waals surface area contributed by atoms with Crippen molar-refractivity contribution in [2.45, 2.75) is 13.5 Å². The van der Waals surface area contributed by atoms with Gasteiger partial charge in [0.25, 0.3) is 0 Å². The Morgan fingerprint density at radius 3 is 2.89 bits per heavy atom. The standard InChI is InChI=1S/C14H15BrN2O2/c1-9-6-11(15)8-17-14(9)16-7-10-4-3-5-12(19-2)13(10)18/h3-6,8,18H,7H2,1-2H3,(H,16,17). The molecule has 0 saturated carbocycles. The summed E-state index contributed by atoms with van der Waals surface area (Å²) in [5.74, 6) is 1.43. The topological polar surface area (TPSA) is 54.4 Å². The molecule has 0 aliphatic heterocycles. The lowest BCUT2D eigenvalue weighted by Crippen LogP contribution is -2.03. The predicted octanol–water partition coefficient (Wildman–Crippen LogP) is 3.48. The minimum atomic E-state index is 0.160. The molecule has 4 nitrogen and oxygen atoms in total. The van der Waals surface area contributed by atoms with E-state index < -0.39 is 0 Å². The number of anilines is 1. The van der Waals surface area contributed by atoms with Crippen LogP contribution < -0.4 is 10.1 Å². The van der Waals surface area contributed by atoms with Gasteiger partial charge in [-0.15, -0.1) is 0 Å². The van der Waals surface area contributed by atoms with E-state index in [9.17, 15) is 5.11 Å². The molecule has 1 aromatic heterocycles. The first kappa shape index (κ1) is 13.7. The van der Waals surface area contributed by atoms with Crippen LogP contribution >= 0.6 is 15.9 Å². The molecule has 0 amide bonds. The Hall–Kier alpha value is -1.75. The molecular formula is C14H15BrN2O2. The number of nitrogens with one attached hydrogen (secondary N) is 1. The summed E-state index contributed by atoms with van der Waals surface area (Å²) < 4.78 is 6.02. The van der Waals surface area contributed by atoms with Crippen LogP contribution in [-0.4, -0.2) is 17.2 Å². The Labute approximate surface area is 120 Å². The minimum absolute atomic E-state index is 0.160. The molecule has 100 valence electrons. The second kappa shape index (κ2) is 5.93. The summed E-state index contributed by atoms with van der Waals surface area (Å²) in [4.78, 5) is 4.29. The van der Waals surface area contributed by atoms with E-state index in [-0.39, 0.29) is 5.75 Å². The Balaban J connectivity index is 2.14.